The fourth-order valence-corrected chi connectivity index (χ4v) is 1.94. The van der Waals surface area contributed by atoms with E-state index in [0.29, 0.717) is 18.1 Å². The van der Waals surface area contributed by atoms with E-state index in [-0.39, 0.29) is 5.88 Å². The summed E-state index contributed by atoms with van der Waals surface area (Å²) in [6.07, 6.45) is 4.86. The van der Waals surface area contributed by atoms with Gasteiger partial charge in [0, 0.05) is 6.07 Å². The molecule has 1 aromatic rings. The number of carbonyl (C=O) groups is 1. The van der Waals surface area contributed by atoms with Gasteiger partial charge in [0.25, 0.3) is 5.91 Å². The highest BCUT2D eigenvalue weighted by molar-refractivity contribution is 5.95. The van der Waals surface area contributed by atoms with E-state index in [1.165, 1.54) is 26.4 Å². The Labute approximate surface area is 106 Å². The molecule has 0 aromatic carbocycles. The van der Waals surface area contributed by atoms with Gasteiger partial charge < -0.3 is 15.2 Å². The number of pyridine rings is 1. The lowest BCUT2D eigenvalue weighted by Crippen LogP contribution is -2.17. The molecular formula is C13H18N2O3. The minimum atomic E-state index is -0.538. The highest BCUT2D eigenvalue weighted by atomic mass is 16.5. The van der Waals surface area contributed by atoms with Gasteiger partial charge in [0.2, 0.25) is 11.8 Å². The van der Waals surface area contributed by atoms with Crippen molar-refractivity contribution in [3.05, 3.63) is 17.7 Å². The van der Waals surface area contributed by atoms with Crippen molar-refractivity contribution in [1.29, 1.82) is 0 Å². The molecule has 0 bridgehead atoms. The van der Waals surface area contributed by atoms with Gasteiger partial charge in [-0.1, -0.05) is 19.3 Å². The minimum Gasteiger partial charge on any atom is -0.481 e. The van der Waals surface area contributed by atoms with Crippen molar-refractivity contribution in [1.82, 2.24) is 4.98 Å². The van der Waals surface area contributed by atoms with Gasteiger partial charge in [-0.05, 0) is 18.4 Å². The first-order valence-electron chi connectivity index (χ1n) is 6.18. The van der Waals surface area contributed by atoms with E-state index in [1.807, 2.05) is 0 Å². The van der Waals surface area contributed by atoms with Gasteiger partial charge in [-0.3, -0.25) is 4.79 Å². The van der Waals surface area contributed by atoms with Gasteiger partial charge in [0.15, 0.2) is 0 Å². The molecule has 1 fully saturated rings. The maximum absolute atomic E-state index is 11.2. The van der Waals surface area contributed by atoms with Crippen molar-refractivity contribution in [3.8, 4) is 11.8 Å². The van der Waals surface area contributed by atoms with Gasteiger partial charge in [-0.2, -0.15) is 4.98 Å². The molecule has 1 saturated carbocycles. The number of nitrogens with two attached hydrogens (primary N) is 1. The van der Waals surface area contributed by atoms with E-state index in [0.717, 1.165) is 12.3 Å². The van der Waals surface area contributed by atoms with Crippen LogP contribution >= 0.6 is 0 Å². The summed E-state index contributed by atoms with van der Waals surface area (Å²) in [5.74, 6) is 0.899. The molecular weight excluding hydrogens is 232 g/mol. The fourth-order valence-electron chi connectivity index (χ4n) is 1.94. The number of amides is 1. The molecule has 18 heavy (non-hydrogen) atoms. The second-order valence-corrected chi connectivity index (χ2v) is 4.50. The second kappa shape index (κ2) is 5.71. The number of rotatable bonds is 6. The Kier molecular flexibility index (Phi) is 4.02. The number of hydrogen-bond donors (Lipinski definition) is 1. The van der Waals surface area contributed by atoms with Crippen molar-refractivity contribution in [3.63, 3.8) is 0 Å². The Morgan fingerprint density at radius 3 is 2.83 bits per heavy atom. The number of methoxy groups -OCH3 is 1. The van der Waals surface area contributed by atoms with Crippen LogP contribution in [0.5, 0.6) is 11.8 Å². The highest BCUT2D eigenvalue weighted by Crippen LogP contribution is 2.29. The average Bonchev–Trinajstić information content (AvgIpc) is 2.31. The smallest absolute Gasteiger partial charge is 0.254 e. The largest absolute Gasteiger partial charge is 0.481 e. The lowest BCUT2D eigenvalue weighted by atomic mass is 9.83. The van der Waals surface area contributed by atoms with Crippen LogP contribution < -0.4 is 15.2 Å². The Bertz CT molecular complexity index is 430. The fraction of sp³-hybridized carbons (Fsp3) is 0.538. The quantitative estimate of drug-likeness (QED) is 0.834. The Balaban J connectivity index is 2.00. The van der Waals surface area contributed by atoms with Crippen LogP contribution in [0.2, 0.25) is 0 Å². The lowest BCUT2D eigenvalue weighted by Gasteiger charge is -2.25. The van der Waals surface area contributed by atoms with Crippen molar-refractivity contribution >= 4 is 5.91 Å². The molecule has 0 saturated heterocycles. The van der Waals surface area contributed by atoms with Crippen LogP contribution in [0.3, 0.4) is 0 Å². The SMILES string of the molecule is COc1ccc(C(N)=O)c(OCCC2CCC2)n1. The van der Waals surface area contributed by atoms with E-state index < -0.39 is 5.91 Å². The average molecular weight is 250 g/mol. The molecule has 1 heterocycles. The topological polar surface area (TPSA) is 74.4 Å². The molecule has 0 aliphatic heterocycles. The van der Waals surface area contributed by atoms with Crippen LogP contribution in [0.1, 0.15) is 36.0 Å². The molecule has 0 atom stereocenters. The molecule has 1 aromatic heterocycles. The zero-order valence-electron chi connectivity index (χ0n) is 10.5. The van der Waals surface area contributed by atoms with Gasteiger partial charge >= 0.3 is 0 Å². The molecule has 5 nitrogen and oxygen atoms in total. The number of nitrogens with zero attached hydrogens (tertiary/aromatic N) is 1. The van der Waals surface area contributed by atoms with E-state index in [1.54, 1.807) is 12.1 Å². The van der Waals surface area contributed by atoms with Crippen LogP contribution in [0.25, 0.3) is 0 Å². The molecule has 1 amide bonds. The highest BCUT2D eigenvalue weighted by Gasteiger charge is 2.18. The van der Waals surface area contributed by atoms with Crippen molar-refractivity contribution < 1.29 is 14.3 Å². The summed E-state index contributed by atoms with van der Waals surface area (Å²) in [5.41, 5.74) is 5.57. The molecule has 5 heteroatoms. The summed E-state index contributed by atoms with van der Waals surface area (Å²) in [4.78, 5) is 15.4. The first-order chi connectivity index (χ1) is 8.70. The third-order valence-corrected chi connectivity index (χ3v) is 3.30. The number of hydrogen-bond acceptors (Lipinski definition) is 4. The minimum absolute atomic E-state index is 0.265. The summed E-state index contributed by atoms with van der Waals surface area (Å²) >= 11 is 0. The van der Waals surface area contributed by atoms with Crippen LogP contribution in [0, 0.1) is 5.92 Å². The van der Waals surface area contributed by atoms with Crippen molar-refractivity contribution in [2.24, 2.45) is 11.7 Å². The third kappa shape index (κ3) is 2.91. The van der Waals surface area contributed by atoms with Crippen LogP contribution in [0.15, 0.2) is 12.1 Å². The van der Waals surface area contributed by atoms with E-state index in [9.17, 15) is 4.79 Å². The Hall–Kier alpha value is -1.78. The molecule has 1 aliphatic carbocycles. The number of aromatic nitrogens is 1. The summed E-state index contributed by atoms with van der Waals surface area (Å²) < 4.78 is 10.6. The number of ether oxygens (including phenoxy) is 2. The third-order valence-electron chi connectivity index (χ3n) is 3.30. The summed E-state index contributed by atoms with van der Waals surface area (Å²) in [6.45, 7) is 0.561. The molecule has 98 valence electrons. The first-order valence-corrected chi connectivity index (χ1v) is 6.18. The maximum Gasteiger partial charge on any atom is 0.254 e. The van der Waals surface area contributed by atoms with E-state index >= 15 is 0 Å². The molecule has 0 spiro atoms. The molecule has 0 unspecified atom stereocenters. The predicted molar refractivity (Wildman–Crippen MR) is 66.8 cm³/mol. The summed E-state index contributed by atoms with van der Waals surface area (Å²) in [7, 11) is 1.52. The van der Waals surface area contributed by atoms with Gasteiger partial charge in [-0.15, -0.1) is 0 Å². The zero-order chi connectivity index (χ0) is 13.0. The second-order valence-electron chi connectivity index (χ2n) is 4.50. The number of primary amides is 1. The monoisotopic (exact) mass is 250 g/mol. The molecule has 2 N–H and O–H groups in total. The standard InChI is InChI=1S/C13H18N2O3/c1-17-11-6-5-10(12(14)16)13(15-11)18-8-7-9-3-2-4-9/h5-6,9H,2-4,7-8H2,1H3,(H2,14,16). The van der Waals surface area contributed by atoms with Crippen molar-refractivity contribution in [2.45, 2.75) is 25.7 Å². The van der Waals surface area contributed by atoms with Gasteiger partial charge in [-0.25, -0.2) is 0 Å². The molecule has 2 rings (SSSR count). The predicted octanol–water partition coefficient (Wildman–Crippen LogP) is 1.76. The summed E-state index contributed by atoms with van der Waals surface area (Å²) in [6, 6.07) is 3.17. The lowest BCUT2D eigenvalue weighted by molar-refractivity contribution is 0.0994. The van der Waals surface area contributed by atoms with Crippen LogP contribution in [-0.2, 0) is 0 Å². The van der Waals surface area contributed by atoms with Crippen LogP contribution in [0.4, 0.5) is 0 Å². The zero-order valence-corrected chi connectivity index (χ0v) is 10.5. The maximum atomic E-state index is 11.2. The van der Waals surface area contributed by atoms with Crippen molar-refractivity contribution in [2.75, 3.05) is 13.7 Å². The van der Waals surface area contributed by atoms with Gasteiger partial charge in [0.05, 0.1) is 13.7 Å². The number of carbonyl (C=O) groups excluding carboxylic acids is 1. The normalized spacial score (nSPS) is 14.9. The molecule has 0 radical (unpaired) electrons. The van der Waals surface area contributed by atoms with Gasteiger partial charge in [0.1, 0.15) is 5.56 Å². The van der Waals surface area contributed by atoms with Crippen LogP contribution in [-0.4, -0.2) is 24.6 Å². The Morgan fingerprint density at radius 1 is 1.50 bits per heavy atom. The van der Waals surface area contributed by atoms with E-state index in [4.69, 9.17) is 15.2 Å². The van der Waals surface area contributed by atoms with E-state index in [2.05, 4.69) is 4.98 Å². The Morgan fingerprint density at radius 2 is 2.28 bits per heavy atom. The molecule has 1 aliphatic rings. The first kappa shape index (κ1) is 12.7. The summed E-state index contributed by atoms with van der Waals surface area (Å²) in [5, 5.41) is 0.